The van der Waals surface area contributed by atoms with Gasteiger partial charge < -0.3 is 10.4 Å². The molecular weight excluding hydrogens is 306 g/mol. The molecule has 4 nitrogen and oxygen atoms in total. The number of thioether (sulfide) groups is 1. The molecule has 2 rings (SSSR count). The molecular formula is C15H19NO3S2. The van der Waals surface area contributed by atoms with Crippen LogP contribution in [-0.2, 0) is 4.79 Å². The van der Waals surface area contributed by atoms with Gasteiger partial charge in [-0.3, -0.25) is 4.79 Å². The van der Waals surface area contributed by atoms with E-state index >= 15 is 0 Å². The van der Waals surface area contributed by atoms with Crippen LogP contribution in [0.1, 0.15) is 39.4 Å². The van der Waals surface area contributed by atoms with Crippen molar-refractivity contribution in [2.75, 3.05) is 12.3 Å². The molecule has 0 bridgehead atoms. The molecule has 0 spiro atoms. The molecule has 0 radical (unpaired) electrons. The highest BCUT2D eigenvalue weighted by molar-refractivity contribution is 7.99. The van der Waals surface area contributed by atoms with Gasteiger partial charge in [0.2, 0.25) is 0 Å². The van der Waals surface area contributed by atoms with Gasteiger partial charge in [0.15, 0.2) is 0 Å². The molecule has 0 aromatic carbocycles. The third kappa shape index (κ3) is 4.89. The van der Waals surface area contributed by atoms with Crippen molar-refractivity contribution in [3.8, 4) is 0 Å². The summed E-state index contributed by atoms with van der Waals surface area (Å²) in [6.45, 7) is 2.59. The third-order valence-electron chi connectivity index (χ3n) is 3.32. The summed E-state index contributed by atoms with van der Waals surface area (Å²) in [6, 6.07) is 1.82. The fraction of sp³-hybridized carbons (Fsp3) is 0.467. The number of aliphatic carboxylic acids is 1. The van der Waals surface area contributed by atoms with E-state index in [4.69, 9.17) is 5.11 Å². The van der Waals surface area contributed by atoms with Crippen molar-refractivity contribution >= 4 is 41.1 Å². The Labute approximate surface area is 132 Å². The molecule has 1 atom stereocenters. The molecule has 1 aliphatic rings. The van der Waals surface area contributed by atoms with Gasteiger partial charge in [-0.25, -0.2) is 4.79 Å². The normalized spacial score (nSPS) is 18.8. The van der Waals surface area contributed by atoms with Crippen LogP contribution in [0.4, 0.5) is 0 Å². The van der Waals surface area contributed by atoms with Crippen LogP contribution in [0.5, 0.6) is 0 Å². The van der Waals surface area contributed by atoms with E-state index in [9.17, 15) is 9.59 Å². The summed E-state index contributed by atoms with van der Waals surface area (Å²) in [7, 11) is 0. The van der Waals surface area contributed by atoms with Gasteiger partial charge in [-0.15, -0.1) is 11.3 Å². The largest absolute Gasteiger partial charge is 0.478 e. The molecule has 2 heterocycles. The lowest BCUT2D eigenvalue weighted by molar-refractivity contribution is -0.131. The van der Waals surface area contributed by atoms with E-state index in [1.807, 2.05) is 24.8 Å². The summed E-state index contributed by atoms with van der Waals surface area (Å²) >= 11 is 3.26. The zero-order chi connectivity index (χ0) is 15.2. The van der Waals surface area contributed by atoms with E-state index < -0.39 is 5.97 Å². The molecule has 1 aromatic heterocycles. The molecule has 1 aromatic rings. The number of aryl methyl sites for hydroxylation is 1. The number of hydrogen-bond donors (Lipinski definition) is 2. The minimum atomic E-state index is -0.983. The molecule has 1 aliphatic heterocycles. The highest BCUT2D eigenvalue weighted by Gasteiger charge is 2.16. The first kappa shape index (κ1) is 16.1. The van der Waals surface area contributed by atoms with Gasteiger partial charge in [-0.2, -0.15) is 11.8 Å². The van der Waals surface area contributed by atoms with Crippen LogP contribution in [0.3, 0.4) is 0 Å². The lowest BCUT2D eigenvalue weighted by Crippen LogP contribution is -2.31. The van der Waals surface area contributed by atoms with Crippen LogP contribution in [0, 0.1) is 6.92 Å². The molecule has 1 unspecified atom stereocenters. The van der Waals surface area contributed by atoms with E-state index in [-0.39, 0.29) is 5.91 Å². The summed E-state index contributed by atoms with van der Waals surface area (Å²) < 4.78 is 0. The van der Waals surface area contributed by atoms with Gasteiger partial charge in [0.05, 0.1) is 4.88 Å². The molecule has 0 aliphatic carbocycles. The first-order valence-electron chi connectivity index (χ1n) is 6.97. The second kappa shape index (κ2) is 7.66. The fourth-order valence-electron chi connectivity index (χ4n) is 2.18. The molecule has 6 heteroatoms. The quantitative estimate of drug-likeness (QED) is 0.816. The van der Waals surface area contributed by atoms with Crippen LogP contribution in [0.2, 0.25) is 0 Å². The van der Waals surface area contributed by atoms with Crippen molar-refractivity contribution in [2.24, 2.45) is 0 Å². The van der Waals surface area contributed by atoms with E-state index in [1.165, 1.54) is 42.4 Å². The lowest BCUT2D eigenvalue weighted by atomic mass is 10.2. The zero-order valence-corrected chi connectivity index (χ0v) is 13.6. The SMILES string of the molecule is Cc1cc(C(=O)NCC2CCCCS2)sc1/C=C/C(=O)O. The summed E-state index contributed by atoms with van der Waals surface area (Å²) in [6.07, 6.45) is 6.32. The van der Waals surface area contributed by atoms with Crippen LogP contribution >= 0.6 is 23.1 Å². The van der Waals surface area contributed by atoms with Crippen LogP contribution in [-0.4, -0.2) is 34.5 Å². The number of hydrogen-bond acceptors (Lipinski definition) is 4. The Morgan fingerprint density at radius 3 is 2.95 bits per heavy atom. The number of nitrogens with one attached hydrogen (secondary N) is 1. The van der Waals surface area contributed by atoms with Gasteiger partial charge in [0.1, 0.15) is 0 Å². The Bertz CT molecular complexity index is 545. The first-order valence-corrected chi connectivity index (χ1v) is 8.84. The minimum absolute atomic E-state index is 0.0655. The smallest absolute Gasteiger partial charge is 0.328 e. The predicted molar refractivity (Wildman–Crippen MR) is 88.2 cm³/mol. The number of amides is 1. The van der Waals surface area contributed by atoms with E-state index in [0.717, 1.165) is 16.5 Å². The van der Waals surface area contributed by atoms with Crippen molar-refractivity contribution in [3.63, 3.8) is 0 Å². The maximum atomic E-state index is 12.1. The number of carboxylic acid groups (broad SMARTS) is 1. The van der Waals surface area contributed by atoms with Crippen LogP contribution < -0.4 is 5.32 Å². The second-order valence-electron chi connectivity index (χ2n) is 5.03. The molecule has 1 saturated heterocycles. The maximum absolute atomic E-state index is 12.1. The molecule has 1 amide bonds. The molecule has 1 fully saturated rings. The maximum Gasteiger partial charge on any atom is 0.328 e. The topological polar surface area (TPSA) is 66.4 Å². The summed E-state index contributed by atoms with van der Waals surface area (Å²) in [4.78, 5) is 24.1. The number of rotatable bonds is 5. The second-order valence-corrected chi connectivity index (χ2v) is 7.52. The summed E-state index contributed by atoms with van der Waals surface area (Å²) in [5.41, 5.74) is 0.926. The van der Waals surface area contributed by atoms with E-state index in [1.54, 1.807) is 0 Å². The van der Waals surface area contributed by atoms with Crippen molar-refractivity contribution in [1.82, 2.24) is 5.32 Å². The van der Waals surface area contributed by atoms with Crippen LogP contribution in [0.25, 0.3) is 6.08 Å². The Morgan fingerprint density at radius 2 is 2.29 bits per heavy atom. The van der Waals surface area contributed by atoms with Gasteiger partial charge in [-0.05, 0) is 43.2 Å². The monoisotopic (exact) mass is 325 g/mol. The van der Waals surface area contributed by atoms with Gasteiger partial charge in [0.25, 0.3) is 5.91 Å². The number of thiophene rings is 1. The lowest BCUT2D eigenvalue weighted by Gasteiger charge is -2.21. The van der Waals surface area contributed by atoms with Crippen LogP contribution in [0.15, 0.2) is 12.1 Å². The van der Waals surface area contributed by atoms with Crippen molar-refractivity contribution in [3.05, 3.63) is 27.5 Å². The Balaban J connectivity index is 1.93. The Kier molecular flexibility index (Phi) is 5.87. The average Bonchev–Trinajstić information content (AvgIpc) is 2.85. The highest BCUT2D eigenvalue weighted by Crippen LogP contribution is 2.25. The fourth-order valence-corrected chi connectivity index (χ4v) is 4.41. The van der Waals surface area contributed by atoms with Crippen molar-refractivity contribution in [2.45, 2.75) is 31.4 Å². The molecule has 2 N–H and O–H groups in total. The molecule has 114 valence electrons. The summed E-state index contributed by atoms with van der Waals surface area (Å²) in [5.74, 6) is 0.135. The van der Waals surface area contributed by atoms with E-state index in [0.29, 0.717) is 16.7 Å². The predicted octanol–water partition coefficient (Wildman–Crippen LogP) is 3.17. The van der Waals surface area contributed by atoms with Gasteiger partial charge in [0, 0.05) is 22.7 Å². The summed E-state index contributed by atoms with van der Waals surface area (Å²) in [5, 5.41) is 12.2. The standard InChI is InChI=1S/C15H19NO3S2/c1-10-8-13(21-12(10)5-6-14(17)18)15(19)16-9-11-4-2-3-7-20-11/h5-6,8,11H,2-4,7,9H2,1H3,(H,16,19)(H,17,18)/b6-5+. The molecule has 21 heavy (non-hydrogen) atoms. The highest BCUT2D eigenvalue weighted by atomic mass is 32.2. The average molecular weight is 325 g/mol. The van der Waals surface area contributed by atoms with Crippen molar-refractivity contribution in [1.29, 1.82) is 0 Å². The number of carboxylic acids is 1. The number of carbonyl (C=O) groups is 2. The Hall–Kier alpha value is -1.27. The zero-order valence-electron chi connectivity index (χ0n) is 11.9. The molecule has 0 saturated carbocycles. The van der Waals surface area contributed by atoms with Crippen molar-refractivity contribution < 1.29 is 14.7 Å². The number of carbonyl (C=O) groups excluding carboxylic acids is 1. The van der Waals surface area contributed by atoms with Gasteiger partial charge in [-0.1, -0.05) is 6.42 Å². The Morgan fingerprint density at radius 1 is 1.48 bits per heavy atom. The van der Waals surface area contributed by atoms with Gasteiger partial charge >= 0.3 is 5.97 Å². The third-order valence-corrected chi connectivity index (χ3v) is 5.92. The minimum Gasteiger partial charge on any atom is -0.478 e. The first-order chi connectivity index (χ1) is 10.1. The van der Waals surface area contributed by atoms with E-state index in [2.05, 4.69) is 5.32 Å².